The van der Waals surface area contributed by atoms with Crippen molar-refractivity contribution in [2.45, 2.75) is 13.5 Å². The molecule has 1 aliphatic carbocycles. The molecule has 0 saturated heterocycles. The van der Waals surface area contributed by atoms with Crippen LogP contribution in [0.1, 0.15) is 24.1 Å². The fourth-order valence-electron chi connectivity index (χ4n) is 1.51. The lowest BCUT2D eigenvalue weighted by atomic mass is 9.90. The molecule has 84 valence electrons. The van der Waals surface area contributed by atoms with E-state index >= 15 is 0 Å². The summed E-state index contributed by atoms with van der Waals surface area (Å²) < 4.78 is 0. The first kappa shape index (κ1) is 10.6. The van der Waals surface area contributed by atoms with Crippen LogP contribution in [0.5, 0.6) is 0 Å². The van der Waals surface area contributed by atoms with Gasteiger partial charge in [0.2, 0.25) is 0 Å². The van der Waals surface area contributed by atoms with Crippen molar-refractivity contribution < 1.29 is 9.90 Å². The Morgan fingerprint density at radius 3 is 2.88 bits per heavy atom. The van der Waals surface area contributed by atoms with Crippen molar-refractivity contribution in [2.24, 2.45) is 11.1 Å². The number of aromatic amines is 1. The van der Waals surface area contributed by atoms with Gasteiger partial charge in [0.25, 0.3) is 0 Å². The maximum absolute atomic E-state index is 11.1. The first-order valence-corrected chi connectivity index (χ1v) is 4.96. The molecule has 0 bridgehead atoms. The average Bonchev–Trinajstić information content (AvgIpc) is 2.59. The predicted octanol–water partition coefficient (Wildman–Crippen LogP) is 0.999. The number of nitrogens with one attached hydrogen (secondary N) is 1. The monoisotopic (exact) mass is 219 g/mol. The quantitative estimate of drug-likeness (QED) is 0.691. The number of carbonyl (C=O) groups is 1. The van der Waals surface area contributed by atoms with Gasteiger partial charge in [-0.05, 0) is 19.1 Å². The molecule has 2 rings (SSSR count). The van der Waals surface area contributed by atoms with Crippen LogP contribution in [0.3, 0.4) is 0 Å². The number of fused-ring (bicyclic) bond motifs is 1. The van der Waals surface area contributed by atoms with E-state index in [-0.39, 0.29) is 0 Å². The van der Waals surface area contributed by atoms with E-state index in [1.54, 1.807) is 31.2 Å². The first-order valence-electron chi connectivity index (χ1n) is 4.96. The zero-order chi connectivity index (χ0) is 11.8. The third-order valence-corrected chi connectivity index (χ3v) is 2.65. The molecule has 1 aromatic heterocycles. The van der Waals surface area contributed by atoms with Crippen LogP contribution in [0.2, 0.25) is 0 Å². The van der Waals surface area contributed by atoms with E-state index in [9.17, 15) is 4.79 Å². The third kappa shape index (κ3) is 1.65. The second-order valence-electron chi connectivity index (χ2n) is 3.94. The maximum Gasteiger partial charge on any atom is 0.317 e. The number of hydrogen-bond donors (Lipinski definition) is 3. The lowest BCUT2D eigenvalue weighted by Gasteiger charge is -2.13. The number of aliphatic carboxylic acids is 1. The fourth-order valence-corrected chi connectivity index (χ4v) is 1.51. The summed E-state index contributed by atoms with van der Waals surface area (Å²) in [4.78, 5) is 18.3. The molecular formula is C11H13N3O2. The minimum Gasteiger partial charge on any atom is -0.480 e. The van der Waals surface area contributed by atoms with Crippen molar-refractivity contribution in [2.75, 3.05) is 0 Å². The molecule has 0 aromatic carbocycles. The molecule has 0 saturated carbocycles. The Balaban J connectivity index is 2.43. The van der Waals surface area contributed by atoms with Gasteiger partial charge in [0.15, 0.2) is 0 Å². The van der Waals surface area contributed by atoms with Gasteiger partial charge in [0.1, 0.15) is 11.2 Å². The summed E-state index contributed by atoms with van der Waals surface area (Å²) in [6, 6.07) is 0. The van der Waals surface area contributed by atoms with Crippen molar-refractivity contribution >= 4 is 18.1 Å². The number of hydrogen-bond acceptors (Lipinski definition) is 3. The average molecular weight is 219 g/mol. The SMILES string of the molecule is CC1(C(=O)O)C=Cc2nc(CN)[nH]c2C=C1. The Labute approximate surface area is 92.7 Å². The van der Waals surface area contributed by atoms with E-state index < -0.39 is 11.4 Å². The molecular weight excluding hydrogens is 206 g/mol. The van der Waals surface area contributed by atoms with Crippen molar-refractivity contribution in [1.29, 1.82) is 0 Å². The van der Waals surface area contributed by atoms with Crippen molar-refractivity contribution in [3.8, 4) is 0 Å². The van der Waals surface area contributed by atoms with Crippen LogP contribution in [0.25, 0.3) is 12.2 Å². The molecule has 1 aliphatic rings. The number of nitrogens with zero attached hydrogens (tertiary/aromatic N) is 1. The van der Waals surface area contributed by atoms with E-state index in [2.05, 4.69) is 9.97 Å². The molecule has 0 spiro atoms. The molecule has 1 unspecified atom stereocenters. The molecule has 1 atom stereocenters. The fraction of sp³-hybridized carbons (Fsp3) is 0.273. The summed E-state index contributed by atoms with van der Waals surface area (Å²) in [5.41, 5.74) is 6.00. The van der Waals surface area contributed by atoms with Crippen LogP contribution in [-0.2, 0) is 11.3 Å². The van der Waals surface area contributed by atoms with Crippen LogP contribution in [-0.4, -0.2) is 21.0 Å². The predicted molar refractivity (Wildman–Crippen MR) is 60.3 cm³/mol. The first-order chi connectivity index (χ1) is 7.55. The number of nitrogens with two attached hydrogens (primary N) is 1. The minimum absolute atomic E-state index is 0.338. The highest BCUT2D eigenvalue weighted by Gasteiger charge is 2.28. The highest BCUT2D eigenvalue weighted by Crippen LogP contribution is 2.27. The Morgan fingerprint density at radius 1 is 1.56 bits per heavy atom. The Kier molecular flexibility index (Phi) is 2.40. The van der Waals surface area contributed by atoms with Gasteiger partial charge >= 0.3 is 5.97 Å². The molecule has 1 aromatic rings. The second-order valence-corrected chi connectivity index (χ2v) is 3.94. The second kappa shape index (κ2) is 3.61. The highest BCUT2D eigenvalue weighted by atomic mass is 16.4. The number of rotatable bonds is 2. The topological polar surface area (TPSA) is 92.0 Å². The highest BCUT2D eigenvalue weighted by molar-refractivity contribution is 5.83. The number of H-pyrrole nitrogens is 1. The maximum atomic E-state index is 11.1. The van der Waals surface area contributed by atoms with Crippen molar-refractivity contribution in [1.82, 2.24) is 9.97 Å². The molecule has 16 heavy (non-hydrogen) atoms. The largest absolute Gasteiger partial charge is 0.480 e. The molecule has 1 heterocycles. The van der Waals surface area contributed by atoms with Crippen LogP contribution < -0.4 is 5.73 Å². The van der Waals surface area contributed by atoms with Gasteiger partial charge in [-0.25, -0.2) is 4.98 Å². The Bertz CT molecular complexity index is 454. The zero-order valence-corrected chi connectivity index (χ0v) is 8.90. The van der Waals surface area contributed by atoms with Crippen LogP contribution >= 0.6 is 0 Å². The molecule has 0 aliphatic heterocycles. The lowest BCUT2D eigenvalue weighted by molar-refractivity contribution is -0.142. The number of imidazole rings is 1. The third-order valence-electron chi connectivity index (χ3n) is 2.65. The van der Waals surface area contributed by atoms with Gasteiger partial charge in [-0.15, -0.1) is 0 Å². The van der Waals surface area contributed by atoms with Gasteiger partial charge in [-0.1, -0.05) is 12.2 Å². The summed E-state index contributed by atoms with van der Waals surface area (Å²) in [5, 5.41) is 9.09. The zero-order valence-electron chi connectivity index (χ0n) is 8.90. The Hall–Kier alpha value is -1.88. The summed E-state index contributed by atoms with van der Waals surface area (Å²) in [6.45, 7) is 1.98. The van der Waals surface area contributed by atoms with E-state index in [0.717, 1.165) is 11.4 Å². The summed E-state index contributed by atoms with van der Waals surface area (Å²) in [5.74, 6) is -0.192. The smallest absolute Gasteiger partial charge is 0.317 e. The molecule has 0 radical (unpaired) electrons. The number of aromatic nitrogens is 2. The number of carboxylic acids is 1. The van der Waals surface area contributed by atoms with Crippen LogP contribution in [0.4, 0.5) is 0 Å². The van der Waals surface area contributed by atoms with Gasteiger partial charge in [0, 0.05) is 0 Å². The summed E-state index contributed by atoms with van der Waals surface area (Å²) >= 11 is 0. The van der Waals surface area contributed by atoms with Crippen molar-refractivity contribution in [3.63, 3.8) is 0 Å². The molecule has 5 nitrogen and oxygen atoms in total. The van der Waals surface area contributed by atoms with Gasteiger partial charge in [0.05, 0.1) is 17.9 Å². The van der Waals surface area contributed by atoms with E-state index in [1.165, 1.54) is 0 Å². The van der Waals surface area contributed by atoms with E-state index in [1.807, 2.05) is 0 Å². The standard InChI is InChI=1S/C11H13N3O2/c1-11(10(15)16)4-2-7-8(3-5-11)14-9(6-12)13-7/h2-5H,6,12H2,1H3,(H,13,14)(H,15,16). The molecule has 4 N–H and O–H groups in total. The lowest BCUT2D eigenvalue weighted by Crippen LogP contribution is -2.21. The minimum atomic E-state index is -0.982. The van der Waals surface area contributed by atoms with Crippen molar-refractivity contribution in [3.05, 3.63) is 29.4 Å². The molecule has 0 fully saturated rings. The van der Waals surface area contributed by atoms with Crippen LogP contribution in [0.15, 0.2) is 12.2 Å². The van der Waals surface area contributed by atoms with E-state index in [4.69, 9.17) is 10.8 Å². The molecule has 5 heteroatoms. The van der Waals surface area contributed by atoms with Crippen LogP contribution in [0, 0.1) is 5.41 Å². The van der Waals surface area contributed by atoms with E-state index in [0.29, 0.717) is 12.4 Å². The number of carboxylic acid groups (broad SMARTS) is 1. The Morgan fingerprint density at radius 2 is 2.25 bits per heavy atom. The van der Waals surface area contributed by atoms with Gasteiger partial charge < -0.3 is 15.8 Å². The summed E-state index contributed by atoms with van der Waals surface area (Å²) in [7, 11) is 0. The normalized spacial score (nSPS) is 16.9. The van der Waals surface area contributed by atoms with Gasteiger partial charge in [-0.3, -0.25) is 4.79 Å². The summed E-state index contributed by atoms with van der Waals surface area (Å²) in [6.07, 6.45) is 6.70. The van der Waals surface area contributed by atoms with Gasteiger partial charge in [-0.2, -0.15) is 0 Å². The molecule has 0 amide bonds.